The average Bonchev–Trinajstić information content (AvgIpc) is 2.97. The summed E-state index contributed by atoms with van der Waals surface area (Å²) in [4.78, 5) is 37.3. The largest absolute Gasteiger partial charge is 0.326 e. The number of rotatable bonds is 4. The molecule has 2 aromatic rings. The van der Waals surface area contributed by atoms with Gasteiger partial charge in [-0.15, -0.1) is 0 Å². The molecular weight excluding hydrogens is 337 g/mol. The van der Waals surface area contributed by atoms with E-state index < -0.39 is 5.92 Å². The van der Waals surface area contributed by atoms with Crippen LogP contribution in [-0.4, -0.2) is 24.3 Å². The minimum Gasteiger partial charge on any atom is -0.326 e. The molecule has 0 radical (unpaired) electrons. The van der Waals surface area contributed by atoms with Crippen molar-refractivity contribution in [1.29, 1.82) is 0 Å². The third-order valence-corrected chi connectivity index (χ3v) is 4.08. The van der Waals surface area contributed by atoms with Crippen LogP contribution in [0.15, 0.2) is 48.5 Å². The number of carbonyl (C=O) groups excluding carboxylic acids is 3. The zero-order valence-corrected chi connectivity index (χ0v) is 14.2. The Morgan fingerprint density at radius 3 is 2.38 bits per heavy atom. The van der Waals surface area contributed by atoms with Gasteiger partial charge in [-0.3, -0.25) is 14.4 Å². The van der Waals surface area contributed by atoms with E-state index in [9.17, 15) is 18.8 Å². The Kier molecular flexibility index (Phi) is 4.97. The molecule has 3 rings (SSSR count). The first kappa shape index (κ1) is 17.6. The Labute approximate surface area is 150 Å². The zero-order valence-electron chi connectivity index (χ0n) is 14.2. The Morgan fingerprint density at radius 1 is 1.08 bits per heavy atom. The van der Waals surface area contributed by atoms with Crippen LogP contribution >= 0.6 is 0 Å². The van der Waals surface area contributed by atoms with Crippen molar-refractivity contribution in [3.63, 3.8) is 0 Å². The lowest BCUT2D eigenvalue weighted by Gasteiger charge is -2.16. The molecule has 1 heterocycles. The van der Waals surface area contributed by atoms with Crippen molar-refractivity contribution in [1.82, 2.24) is 0 Å². The second-order valence-corrected chi connectivity index (χ2v) is 6.13. The van der Waals surface area contributed by atoms with Gasteiger partial charge in [-0.2, -0.15) is 0 Å². The van der Waals surface area contributed by atoms with E-state index in [0.717, 1.165) is 0 Å². The second kappa shape index (κ2) is 7.35. The van der Waals surface area contributed by atoms with Crippen molar-refractivity contribution < 1.29 is 18.8 Å². The number of hydrogen-bond acceptors (Lipinski definition) is 3. The number of hydrogen-bond donors (Lipinski definition) is 2. The number of nitrogens with one attached hydrogen (secondary N) is 2. The summed E-state index contributed by atoms with van der Waals surface area (Å²) in [5.74, 6) is -1.54. The van der Waals surface area contributed by atoms with Crippen molar-refractivity contribution in [3.05, 3.63) is 54.3 Å². The second-order valence-electron chi connectivity index (χ2n) is 6.13. The molecule has 1 saturated heterocycles. The van der Waals surface area contributed by atoms with Gasteiger partial charge in [0.05, 0.1) is 5.92 Å². The van der Waals surface area contributed by atoms with Crippen LogP contribution in [-0.2, 0) is 14.4 Å². The summed E-state index contributed by atoms with van der Waals surface area (Å²) < 4.78 is 13.0. The maximum absolute atomic E-state index is 13.0. The average molecular weight is 355 g/mol. The molecule has 26 heavy (non-hydrogen) atoms. The molecule has 1 atom stereocenters. The van der Waals surface area contributed by atoms with Gasteiger partial charge in [0.1, 0.15) is 5.82 Å². The van der Waals surface area contributed by atoms with Crippen LogP contribution in [0.25, 0.3) is 0 Å². The fourth-order valence-electron chi connectivity index (χ4n) is 2.88. The predicted octanol–water partition coefficient (Wildman–Crippen LogP) is 2.78. The van der Waals surface area contributed by atoms with Crippen LogP contribution in [0.3, 0.4) is 0 Å². The summed E-state index contributed by atoms with van der Waals surface area (Å²) in [5, 5.41) is 5.41. The Hall–Kier alpha value is -3.22. The first-order valence-electron chi connectivity index (χ1n) is 8.17. The molecule has 0 saturated carbocycles. The summed E-state index contributed by atoms with van der Waals surface area (Å²) in [6.07, 6.45) is 0.0919. The summed E-state index contributed by atoms with van der Waals surface area (Å²) in [6, 6.07) is 12.4. The van der Waals surface area contributed by atoms with Crippen molar-refractivity contribution in [2.45, 2.75) is 13.3 Å². The van der Waals surface area contributed by atoms with Crippen molar-refractivity contribution in [2.24, 2.45) is 5.92 Å². The van der Waals surface area contributed by atoms with Gasteiger partial charge in [-0.25, -0.2) is 4.39 Å². The van der Waals surface area contributed by atoms with Gasteiger partial charge in [0.25, 0.3) is 0 Å². The molecule has 7 heteroatoms. The Morgan fingerprint density at radius 2 is 1.73 bits per heavy atom. The van der Waals surface area contributed by atoms with Crippen molar-refractivity contribution in [2.75, 3.05) is 22.1 Å². The maximum Gasteiger partial charge on any atom is 0.229 e. The van der Waals surface area contributed by atoms with Crippen LogP contribution < -0.4 is 15.5 Å². The fourth-order valence-corrected chi connectivity index (χ4v) is 2.88. The van der Waals surface area contributed by atoms with E-state index >= 15 is 0 Å². The monoisotopic (exact) mass is 355 g/mol. The molecule has 1 aliphatic rings. The molecular formula is C19H18FN3O3. The van der Waals surface area contributed by atoms with Gasteiger partial charge in [0.15, 0.2) is 0 Å². The van der Waals surface area contributed by atoms with Gasteiger partial charge in [0.2, 0.25) is 17.7 Å². The van der Waals surface area contributed by atoms with Gasteiger partial charge >= 0.3 is 0 Å². The molecule has 134 valence electrons. The normalized spacial score (nSPS) is 16.5. The number of carbonyl (C=O) groups is 3. The molecule has 0 spiro atoms. The number of benzene rings is 2. The van der Waals surface area contributed by atoms with Crippen LogP contribution in [0.5, 0.6) is 0 Å². The van der Waals surface area contributed by atoms with E-state index in [-0.39, 0.29) is 36.5 Å². The Balaban J connectivity index is 1.66. The van der Waals surface area contributed by atoms with Gasteiger partial charge in [-0.1, -0.05) is 6.07 Å². The van der Waals surface area contributed by atoms with Crippen LogP contribution in [0.4, 0.5) is 21.5 Å². The molecule has 1 aliphatic heterocycles. The topological polar surface area (TPSA) is 78.5 Å². The van der Waals surface area contributed by atoms with Crippen LogP contribution in [0.1, 0.15) is 13.3 Å². The highest BCUT2D eigenvalue weighted by Gasteiger charge is 2.35. The van der Waals surface area contributed by atoms with E-state index in [1.807, 2.05) is 0 Å². The molecule has 2 aromatic carbocycles. The van der Waals surface area contributed by atoms with E-state index in [1.54, 1.807) is 24.3 Å². The van der Waals surface area contributed by atoms with Gasteiger partial charge in [-0.05, 0) is 42.5 Å². The fraction of sp³-hybridized carbons (Fsp3) is 0.211. The van der Waals surface area contributed by atoms with E-state index in [1.165, 1.54) is 36.1 Å². The predicted molar refractivity (Wildman–Crippen MR) is 96.2 cm³/mol. The minimum absolute atomic E-state index is 0.0919. The van der Waals surface area contributed by atoms with Crippen LogP contribution in [0.2, 0.25) is 0 Å². The number of nitrogens with zero attached hydrogens (tertiary/aromatic N) is 1. The van der Waals surface area contributed by atoms with Gasteiger partial charge in [0, 0.05) is 37.0 Å². The standard InChI is InChI=1S/C19H18FN3O3/c1-12(24)21-15-3-2-4-16(10-15)22-19(26)13-9-18(25)23(11-13)17-7-5-14(20)6-8-17/h2-8,10,13H,9,11H2,1H3,(H,21,24)(H,22,26)/t13-/m1/s1. The molecule has 0 bridgehead atoms. The van der Waals surface area contributed by atoms with Crippen LogP contribution in [0, 0.1) is 11.7 Å². The smallest absolute Gasteiger partial charge is 0.229 e. The molecule has 0 unspecified atom stereocenters. The molecule has 0 aliphatic carbocycles. The highest BCUT2D eigenvalue weighted by atomic mass is 19.1. The first-order chi connectivity index (χ1) is 12.4. The molecule has 6 nitrogen and oxygen atoms in total. The molecule has 1 fully saturated rings. The van der Waals surface area contributed by atoms with E-state index in [0.29, 0.717) is 17.1 Å². The summed E-state index contributed by atoms with van der Waals surface area (Å²) in [5.41, 5.74) is 1.68. The Bertz CT molecular complexity index is 851. The van der Waals surface area contributed by atoms with Gasteiger partial charge < -0.3 is 15.5 Å². The summed E-state index contributed by atoms with van der Waals surface area (Å²) >= 11 is 0. The summed E-state index contributed by atoms with van der Waals surface area (Å²) in [7, 11) is 0. The van der Waals surface area contributed by atoms with E-state index in [4.69, 9.17) is 0 Å². The number of halogens is 1. The van der Waals surface area contributed by atoms with Crippen molar-refractivity contribution in [3.8, 4) is 0 Å². The third kappa shape index (κ3) is 4.05. The number of amides is 3. The quantitative estimate of drug-likeness (QED) is 0.885. The highest BCUT2D eigenvalue weighted by Crippen LogP contribution is 2.26. The number of anilines is 3. The summed E-state index contributed by atoms with van der Waals surface area (Å²) in [6.45, 7) is 1.64. The maximum atomic E-state index is 13.0. The third-order valence-electron chi connectivity index (χ3n) is 4.08. The molecule has 0 aromatic heterocycles. The van der Waals surface area contributed by atoms with E-state index in [2.05, 4.69) is 10.6 Å². The molecule has 3 amide bonds. The highest BCUT2D eigenvalue weighted by molar-refractivity contribution is 6.03. The zero-order chi connectivity index (χ0) is 18.7. The lowest BCUT2D eigenvalue weighted by atomic mass is 10.1. The lowest BCUT2D eigenvalue weighted by molar-refractivity contribution is -0.122. The SMILES string of the molecule is CC(=O)Nc1cccc(NC(=O)[C@@H]2CC(=O)N(c3ccc(F)cc3)C2)c1. The molecule has 2 N–H and O–H groups in total. The minimum atomic E-state index is -0.503. The van der Waals surface area contributed by atoms with Crippen molar-refractivity contribution >= 4 is 34.8 Å². The first-order valence-corrected chi connectivity index (χ1v) is 8.17. The lowest BCUT2D eigenvalue weighted by Crippen LogP contribution is -2.28.